The lowest BCUT2D eigenvalue weighted by molar-refractivity contribution is -0.147. The molecule has 5 nitrogen and oxygen atoms in total. The molecule has 16 heavy (non-hydrogen) atoms. The van der Waals surface area contributed by atoms with Crippen LogP contribution < -0.4 is 5.48 Å². The zero-order chi connectivity index (χ0) is 12.5. The number of hydroxylamine groups is 1. The average molecular weight is 232 g/mol. The number of alkyl halides is 1. The number of likely N-dealkylation sites (tertiary alicyclic amines) is 1. The molecule has 1 aliphatic rings. The van der Waals surface area contributed by atoms with Gasteiger partial charge in [-0.2, -0.15) is 0 Å². The van der Waals surface area contributed by atoms with E-state index in [2.05, 4.69) is 0 Å². The molecule has 6 heteroatoms. The van der Waals surface area contributed by atoms with Gasteiger partial charge in [0.25, 0.3) is 5.91 Å². The first-order valence-corrected chi connectivity index (χ1v) is 5.16. The summed E-state index contributed by atoms with van der Waals surface area (Å²) < 4.78 is 13.2. The minimum absolute atomic E-state index is 0.0613. The fraction of sp³-hybridized carbons (Fsp3) is 0.800. The molecule has 0 aliphatic carbocycles. The highest BCUT2D eigenvalue weighted by Gasteiger charge is 2.42. The zero-order valence-electron chi connectivity index (χ0n) is 9.66. The molecule has 0 aromatic carbocycles. The smallest absolute Gasteiger partial charge is 0.266 e. The quantitative estimate of drug-likeness (QED) is 0.510. The van der Waals surface area contributed by atoms with Crippen molar-refractivity contribution in [2.24, 2.45) is 5.41 Å². The van der Waals surface area contributed by atoms with Crippen LogP contribution in [0.1, 0.15) is 27.2 Å². The van der Waals surface area contributed by atoms with E-state index in [9.17, 15) is 14.0 Å². The SMILES string of the molecule is CC(C)(C)C(=O)N1C[C@H](F)C[C@H]1C(=O)NO. The Kier molecular flexibility index (Phi) is 3.52. The van der Waals surface area contributed by atoms with Crippen LogP contribution >= 0.6 is 0 Å². The van der Waals surface area contributed by atoms with Crippen LogP contribution in [0, 0.1) is 5.41 Å². The second-order valence-electron chi connectivity index (χ2n) is 5.03. The summed E-state index contributed by atoms with van der Waals surface area (Å²) in [6.07, 6.45) is -1.28. The van der Waals surface area contributed by atoms with Crippen molar-refractivity contribution in [3.8, 4) is 0 Å². The van der Waals surface area contributed by atoms with Gasteiger partial charge in [0.1, 0.15) is 12.2 Å². The summed E-state index contributed by atoms with van der Waals surface area (Å²) in [5, 5.41) is 8.52. The minimum Gasteiger partial charge on any atom is -0.327 e. The van der Waals surface area contributed by atoms with Gasteiger partial charge in [0, 0.05) is 11.8 Å². The lowest BCUT2D eigenvalue weighted by Gasteiger charge is -2.29. The molecule has 0 unspecified atom stereocenters. The molecule has 1 fully saturated rings. The number of halogens is 1. The highest BCUT2D eigenvalue weighted by atomic mass is 19.1. The predicted molar refractivity (Wildman–Crippen MR) is 54.4 cm³/mol. The number of hydrogen-bond donors (Lipinski definition) is 2. The van der Waals surface area contributed by atoms with Crippen molar-refractivity contribution in [2.45, 2.75) is 39.4 Å². The fourth-order valence-electron chi connectivity index (χ4n) is 1.76. The van der Waals surface area contributed by atoms with E-state index in [0.717, 1.165) is 0 Å². The van der Waals surface area contributed by atoms with E-state index in [4.69, 9.17) is 5.21 Å². The molecular formula is C10H17FN2O3. The molecule has 2 N–H and O–H groups in total. The second kappa shape index (κ2) is 4.37. The van der Waals surface area contributed by atoms with E-state index in [1.165, 1.54) is 10.4 Å². The predicted octanol–water partition coefficient (Wildman–Crippen LogP) is 0.477. The van der Waals surface area contributed by atoms with Gasteiger partial charge in [-0.3, -0.25) is 14.8 Å². The summed E-state index contributed by atoms with van der Waals surface area (Å²) in [4.78, 5) is 24.4. The number of rotatable bonds is 1. The van der Waals surface area contributed by atoms with Crippen molar-refractivity contribution in [1.29, 1.82) is 0 Å². The first-order chi connectivity index (χ1) is 7.27. The lowest BCUT2D eigenvalue weighted by Crippen LogP contribution is -2.48. The van der Waals surface area contributed by atoms with Crippen molar-refractivity contribution in [3.63, 3.8) is 0 Å². The third-order valence-corrected chi connectivity index (χ3v) is 2.57. The Labute approximate surface area is 93.6 Å². The van der Waals surface area contributed by atoms with Crippen molar-refractivity contribution in [2.75, 3.05) is 6.54 Å². The molecule has 0 radical (unpaired) electrons. The zero-order valence-corrected chi connectivity index (χ0v) is 9.66. The highest BCUT2D eigenvalue weighted by molar-refractivity contribution is 5.89. The number of hydrogen-bond acceptors (Lipinski definition) is 3. The van der Waals surface area contributed by atoms with E-state index in [1.807, 2.05) is 0 Å². The molecule has 0 bridgehead atoms. The Bertz CT molecular complexity index is 301. The maximum atomic E-state index is 13.2. The molecule has 1 rings (SSSR count). The third kappa shape index (κ3) is 2.49. The highest BCUT2D eigenvalue weighted by Crippen LogP contribution is 2.26. The van der Waals surface area contributed by atoms with Gasteiger partial charge in [-0.25, -0.2) is 9.87 Å². The van der Waals surface area contributed by atoms with E-state index in [0.29, 0.717) is 0 Å². The largest absolute Gasteiger partial charge is 0.327 e. The summed E-state index contributed by atoms with van der Waals surface area (Å²) in [6, 6.07) is -0.910. The summed E-state index contributed by atoms with van der Waals surface area (Å²) in [7, 11) is 0. The molecule has 2 amide bonds. The minimum atomic E-state index is -1.21. The van der Waals surface area contributed by atoms with Gasteiger partial charge >= 0.3 is 0 Å². The lowest BCUT2D eigenvalue weighted by atomic mass is 9.94. The topological polar surface area (TPSA) is 69.6 Å². The maximum Gasteiger partial charge on any atom is 0.266 e. The molecule has 0 aromatic rings. The number of carbonyl (C=O) groups excluding carboxylic acids is 2. The van der Waals surface area contributed by atoms with Crippen LogP contribution in [0.4, 0.5) is 4.39 Å². The van der Waals surface area contributed by atoms with Gasteiger partial charge < -0.3 is 4.90 Å². The number of carbonyl (C=O) groups is 2. The Balaban J connectivity index is 2.85. The van der Waals surface area contributed by atoms with E-state index < -0.39 is 23.5 Å². The number of amides is 2. The first kappa shape index (κ1) is 12.9. The third-order valence-electron chi connectivity index (χ3n) is 2.57. The van der Waals surface area contributed by atoms with Crippen LogP contribution in [0.15, 0.2) is 0 Å². The normalized spacial score (nSPS) is 25.7. The summed E-state index contributed by atoms with van der Waals surface area (Å²) >= 11 is 0. The molecule has 0 spiro atoms. The molecule has 0 saturated carbocycles. The van der Waals surface area contributed by atoms with E-state index in [-0.39, 0.29) is 18.9 Å². The van der Waals surface area contributed by atoms with Gasteiger partial charge in [-0.1, -0.05) is 20.8 Å². The first-order valence-electron chi connectivity index (χ1n) is 5.16. The molecule has 0 aromatic heterocycles. The van der Waals surface area contributed by atoms with Gasteiger partial charge in [0.15, 0.2) is 0 Å². The molecule has 1 saturated heterocycles. The molecule has 2 atom stereocenters. The molecule has 1 aliphatic heterocycles. The fourth-order valence-corrected chi connectivity index (χ4v) is 1.76. The van der Waals surface area contributed by atoms with Crippen LogP contribution in [-0.2, 0) is 9.59 Å². The second-order valence-corrected chi connectivity index (χ2v) is 5.03. The Morgan fingerprint density at radius 2 is 2.00 bits per heavy atom. The van der Waals surface area contributed by atoms with Crippen LogP contribution in [-0.4, -0.2) is 40.7 Å². The average Bonchev–Trinajstić information content (AvgIpc) is 2.56. The van der Waals surface area contributed by atoms with Crippen molar-refractivity contribution >= 4 is 11.8 Å². The Morgan fingerprint density at radius 1 is 1.44 bits per heavy atom. The number of nitrogens with zero attached hydrogens (tertiary/aromatic N) is 1. The van der Waals surface area contributed by atoms with Crippen LogP contribution in [0.3, 0.4) is 0 Å². The van der Waals surface area contributed by atoms with E-state index >= 15 is 0 Å². The Morgan fingerprint density at radius 3 is 2.44 bits per heavy atom. The molecular weight excluding hydrogens is 215 g/mol. The van der Waals surface area contributed by atoms with Crippen molar-refractivity contribution < 1.29 is 19.2 Å². The summed E-state index contributed by atoms with van der Waals surface area (Å²) in [5.74, 6) is -1.03. The van der Waals surface area contributed by atoms with Crippen molar-refractivity contribution in [3.05, 3.63) is 0 Å². The summed E-state index contributed by atoms with van der Waals surface area (Å²) in [6.45, 7) is 5.02. The molecule has 92 valence electrons. The van der Waals surface area contributed by atoms with Crippen LogP contribution in [0.5, 0.6) is 0 Å². The van der Waals surface area contributed by atoms with Gasteiger partial charge in [0.2, 0.25) is 5.91 Å². The van der Waals surface area contributed by atoms with Gasteiger partial charge in [0.05, 0.1) is 6.54 Å². The van der Waals surface area contributed by atoms with Crippen LogP contribution in [0.25, 0.3) is 0 Å². The van der Waals surface area contributed by atoms with Crippen LogP contribution in [0.2, 0.25) is 0 Å². The monoisotopic (exact) mass is 232 g/mol. The molecule has 1 heterocycles. The number of nitrogens with one attached hydrogen (secondary N) is 1. The maximum absolute atomic E-state index is 13.2. The van der Waals surface area contributed by atoms with Gasteiger partial charge in [-0.15, -0.1) is 0 Å². The van der Waals surface area contributed by atoms with Crippen molar-refractivity contribution in [1.82, 2.24) is 10.4 Å². The Hall–Kier alpha value is -1.17. The van der Waals surface area contributed by atoms with Gasteiger partial charge in [-0.05, 0) is 0 Å². The van der Waals surface area contributed by atoms with E-state index in [1.54, 1.807) is 20.8 Å². The summed E-state index contributed by atoms with van der Waals surface area (Å²) in [5.41, 5.74) is 0.796. The standard InChI is InChI=1S/C10H17FN2O3/c1-10(2,3)9(15)13-5-6(11)4-7(13)8(14)12-16/h6-7,16H,4-5H2,1-3H3,(H,12,14)/t6-,7+/m1/s1.